The third kappa shape index (κ3) is 8.37. The molecule has 1 aliphatic rings. The summed E-state index contributed by atoms with van der Waals surface area (Å²) in [6.07, 6.45) is 9.60. The highest BCUT2D eigenvalue weighted by atomic mass is 16.6. The first-order valence-corrected chi connectivity index (χ1v) is 8.52. The van der Waals surface area contributed by atoms with Crippen LogP contribution < -0.4 is 11.1 Å². The van der Waals surface area contributed by atoms with E-state index in [0.717, 1.165) is 38.5 Å². The first-order chi connectivity index (χ1) is 10.2. The summed E-state index contributed by atoms with van der Waals surface area (Å²) in [4.78, 5) is 23.1. The van der Waals surface area contributed by atoms with Crippen molar-refractivity contribution < 1.29 is 14.3 Å². The van der Waals surface area contributed by atoms with E-state index in [1.807, 2.05) is 0 Å². The predicted octanol–water partition coefficient (Wildman–Crippen LogP) is 3.65. The Balaban J connectivity index is 2.09. The second kappa shape index (κ2) is 8.51. The molecule has 0 aromatic heterocycles. The molecule has 0 spiro atoms. The van der Waals surface area contributed by atoms with Gasteiger partial charge in [-0.15, -0.1) is 0 Å². The molecular weight excluding hydrogens is 280 g/mol. The van der Waals surface area contributed by atoms with E-state index < -0.39 is 11.7 Å². The molecule has 0 radical (unpaired) electrons. The molecule has 0 aliphatic heterocycles. The number of unbranched alkanes of at least 4 members (excludes halogenated alkanes) is 2. The number of nitrogens with two attached hydrogens (primary N) is 1. The number of imide groups is 1. The second-order valence-electron chi connectivity index (χ2n) is 7.53. The van der Waals surface area contributed by atoms with Crippen molar-refractivity contribution in [1.29, 1.82) is 0 Å². The van der Waals surface area contributed by atoms with Crippen molar-refractivity contribution in [2.45, 2.75) is 96.1 Å². The van der Waals surface area contributed by atoms with Crippen LogP contribution in [0.1, 0.15) is 85.0 Å². The molecule has 0 unspecified atom stereocenters. The Morgan fingerprint density at radius 2 is 1.73 bits per heavy atom. The molecule has 1 saturated carbocycles. The normalized spacial score (nSPS) is 17.8. The quantitative estimate of drug-likeness (QED) is 0.733. The van der Waals surface area contributed by atoms with Crippen LogP contribution in [0.4, 0.5) is 4.79 Å². The van der Waals surface area contributed by atoms with Crippen molar-refractivity contribution in [2.75, 3.05) is 0 Å². The van der Waals surface area contributed by atoms with Crippen LogP contribution in [-0.4, -0.2) is 23.1 Å². The Kier molecular flexibility index (Phi) is 7.33. The number of carbonyl (C=O) groups is 2. The van der Waals surface area contributed by atoms with Gasteiger partial charge in [0.1, 0.15) is 5.60 Å². The van der Waals surface area contributed by atoms with Gasteiger partial charge in [-0.2, -0.15) is 0 Å². The monoisotopic (exact) mass is 312 g/mol. The summed E-state index contributed by atoms with van der Waals surface area (Å²) in [5.41, 5.74) is 5.83. The second-order valence-corrected chi connectivity index (χ2v) is 7.53. The summed E-state index contributed by atoms with van der Waals surface area (Å²) >= 11 is 0. The first kappa shape index (κ1) is 18.9. The third-order valence-corrected chi connectivity index (χ3v) is 4.07. The number of rotatable bonds is 6. The molecule has 0 bridgehead atoms. The minimum Gasteiger partial charge on any atom is -0.444 e. The first-order valence-electron chi connectivity index (χ1n) is 8.52. The van der Waals surface area contributed by atoms with E-state index in [2.05, 4.69) is 5.32 Å². The van der Waals surface area contributed by atoms with E-state index >= 15 is 0 Å². The maximum Gasteiger partial charge on any atom is 0.414 e. The number of ether oxygens (including phenoxy) is 1. The number of carbonyl (C=O) groups excluding carboxylic acids is 2. The van der Waals surface area contributed by atoms with Crippen LogP contribution in [0.2, 0.25) is 0 Å². The molecule has 1 fully saturated rings. The Bertz CT molecular complexity index is 369. The molecule has 128 valence electrons. The van der Waals surface area contributed by atoms with Gasteiger partial charge in [0.25, 0.3) is 0 Å². The lowest BCUT2D eigenvalue weighted by molar-refractivity contribution is -0.120. The lowest BCUT2D eigenvalue weighted by Gasteiger charge is -2.33. The van der Waals surface area contributed by atoms with Gasteiger partial charge in [0.15, 0.2) is 0 Å². The molecule has 5 heteroatoms. The van der Waals surface area contributed by atoms with Gasteiger partial charge in [-0.25, -0.2) is 4.79 Å². The van der Waals surface area contributed by atoms with Crippen molar-refractivity contribution in [3.8, 4) is 0 Å². The van der Waals surface area contributed by atoms with Crippen molar-refractivity contribution in [2.24, 2.45) is 5.73 Å². The number of hydrogen-bond acceptors (Lipinski definition) is 4. The summed E-state index contributed by atoms with van der Waals surface area (Å²) in [6, 6.07) is 0. The Labute approximate surface area is 134 Å². The molecule has 1 aliphatic carbocycles. The van der Waals surface area contributed by atoms with Crippen LogP contribution in [-0.2, 0) is 9.53 Å². The lowest BCUT2D eigenvalue weighted by atomic mass is 9.79. The van der Waals surface area contributed by atoms with Crippen LogP contribution in [0, 0.1) is 0 Å². The van der Waals surface area contributed by atoms with Gasteiger partial charge in [-0.1, -0.05) is 32.1 Å². The number of alkyl carbamates (subject to hydrolysis) is 1. The van der Waals surface area contributed by atoms with Crippen LogP contribution in [0.25, 0.3) is 0 Å². The predicted molar refractivity (Wildman–Crippen MR) is 87.5 cm³/mol. The van der Waals surface area contributed by atoms with Crippen molar-refractivity contribution >= 4 is 12.0 Å². The van der Waals surface area contributed by atoms with Gasteiger partial charge in [0.2, 0.25) is 5.91 Å². The van der Waals surface area contributed by atoms with Gasteiger partial charge in [0, 0.05) is 12.0 Å². The fourth-order valence-electron chi connectivity index (χ4n) is 2.93. The molecule has 22 heavy (non-hydrogen) atoms. The van der Waals surface area contributed by atoms with E-state index in [1.54, 1.807) is 20.8 Å². The van der Waals surface area contributed by atoms with Crippen LogP contribution in [0.15, 0.2) is 0 Å². The molecule has 3 N–H and O–H groups in total. The van der Waals surface area contributed by atoms with Crippen molar-refractivity contribution in [1.82, 2.24) is 5.32 Å². The van der Waals surface area contributed by atoms with E-state index in [4.69, 9.17) is 10.5 Å². The SMILES string of the molecule is CC(C)(C)OC(=O)NC(=O)CCCCCC1(N)CCCCC1. The largest absolute Gasteiger partial charge is 0.444 e. The fraction of sp³-hybridized carbons (Fsp3) is 0.882. The summed E-state index contributed by atoms with van der Waals surface area (Å²) in [5, 5.41) is 2.26. The standard InChI is InChI=1S/C17H32N2O3/c1-16(2,3)22-15(21)19-14(20)10-6-4-7-11-17(18)12-8-5-9-13-17/h4-13,18H2,1-3H3,(H,19,20,21). The highest BCUT2D eigenvalue weighted by molar-refractivity contribution is 5.91. The number of nitrogens with one attached hydrogen (secondary N) is 1. The zero-order chi connectivity index (χ0) is 16.6. The molecule has 2 amide bonds. The molecule has 1 rings (SSSR count). The molecular formula is C17H32N2O3. The minimum absolute atomic E-state index is 0.0248. The molecule has 0 aromatic carbocycles. The van der Waals surface area contributed by atoms with Crippen molar-refractivity contribution in [3.05, 3.63) is 0 Å². The van der Waals surface area contributed by atoms with E-state index in [-0.39, 0.29) is 11.4 Å². The molecule has 0 atom stereocenters. The van der Waals surface area contributed by atoms with Crippen LogP contribution >= 0.6 is 0 Å². The average Bonchev–Trinajstić information content (AvgIpc) is 2.36. The molecule has 0 saturated heterocycles. The van der Waals surface area contributed by atoms with Gasteiger partial charge >= 0.3 is 6.09 Å². The topological polar surface area (TPSA) is 81.4 Å². The lowest BCUT2D eigenvalue weighted by Crippen LogP contribution is -2.41. The third-order valence-electron chi connectivity index (χ3n) is 4.07. The highest BCUT2D eigenvalue weighted by Crippen LogP contribution is 2.30. The molecule has 0 aromatic rings. The number of hydrogen-bond donors (Lipinski definition) is 2. The van der Waals surface area contributed by atoms with Crippen LogP contribution in [0.5, 0.6) is 0 Å². The smallest absolute Gasteiger partial charge is 0.414 e. The van der Waals surface area contributed by atoms with Gasteiger partial charge < -0.3 is 10.5 Å². The fourth-order valence-corrected chi connectivity index (χ4v) is 2.93. The van der Waals surface area contributed by atoms with Gasteiger partial charge in [-0.05, 0) is 46.5 Å². The van der Waals surface area contributed by atoms with E-state index in [9.17, 15) is 9.59 Å². The number of amides is 2. The summed E-state index contributed by atoms with van der Waals surface area (Å²) in [7, 11) is 0. The molecule has 0 heterocycles. The minimum atomic E-state index is -0.666. The Morgan fingerprint density at radius 3 is 2.32 bits per heavy atom. The molecule has 5 nitrogen and oxygen atoms in total. The van der Waals surface area contributed by atoms with E-state index in [1.165, 1.54) is 19.3 Å². The zero-order valence-corrected chi connectivity index (χ0v) is 14.4. The summed E-state index contributed by atoms with van der Waals surface area (Å²) < 4.78 is 5.04. The summed E-state index contributed by atoms with van der Waals surface area (Å²) in [6.45, 7) is 5.31. The maximum absolute atomic E-state index is 11.6. The van der Waals surface area contributed by atoms with Crippen molar-refractivity contribution in [3.63, 3.8) is 0 Å². The Hall–Kier alpha value is -1.10. The zero-order valence-electron chi connectivity index (χ0n) is 14.4. The maximum atomic E-state index is 11.6. The average molecular weight is 312 g/mol. The van der Waals surface area contributed by atoms with Gasteiger partial charge in [0.05, 0.1) is 0 Å². The van der Waals surface area contributed by atoms with Gasteiger partial charge in [-0.3, -0.25) is 10.1 Å². The Morgan fingerprint density at radius 1 is 1.09 bits per heavy atom. The highest BCUT2D eigenvalue weighted by Gasteiger charge is 2.26. The van der Waals surface area contributed by atoms with Crippen LogP contribution in [0.3, 0.4) is 0 Å². The summed E-state index contributed by atoms with van der Waals surface area (Å²) in [5.74, 6) is -0.269. The van der Waals surface area contributed by atoms with E-state index in [0.29, 0.717) is 6.42 Å².